The minimum atomic E-state index is -1.70. The number of halogens is 1. The van der Waals surface area contributed by atoms with Crippen LogP contribution in [0.4, 0.5) is 0 Å². The molecule has 1 unspecified atom stereocenters. The third kappa shape index (κ3) is 7.31. The standard InChI is InChI=1S/C29H26ClN3O6/c30-22-12-8-19(9-13-22)17-33-25(28(36)37)16-24(32-33)27(35)31-23(15-26(34)29(38)39)14-18-6-10-21(11-7-18)20-4-2-1-3-5-20/h1-13,16,23,26,34H,14-15,17H2,(H,31,35)(H,36,37)(H,38,39)/t23?,26-/m1/s1. The van der Waals surface area contributed by atoms with Crippen LogP contribution in [-0.2, 0) is 17.8 Å². The van der Waals surface area contributed by atoms with Gasteiger partial charge in [0.1, 0.15) is 5.69 Å². The van der Waals surface area contributed by atoms with E-state index in [1.807, 2.05) is 54.6 Å². The van der Waals surface area contributed by atoms with Crippen LogP contribution in [0, 0.1) is 0 Å². The van der Waals surface area contributed by atoms with Crippen LogP contribution in [0.15, 0.2) is 84.9 Å². The fraction of sp³-hybridized carbons (Fsp3) is 0.172. The molecule has 0 aliphatic heterocycles. The van der Waals surface area contributed by atoms with Crippen molar-refractivity contribution in [3.05, 3.63) is 112 Å². The quantitative estimate of drug-likeness (QED) is 0.221. The minimum absolute atomic E-state index is 0.0982. The molecule has 0 fully saturated rings. The Labute approximate surface area is 229 Å². The maximum atomic E-state index is 13.1. The van der Waals surface area contributed by atoms with Gasteiger partial charge in [0.15, 0.2) is 11.8 Å². The van der Waals surface area contributed by atoms with Gasteiger partial charge in [-0.25, -0.2) is 9.59 Å². The smallest absolute Gasteiger partial charge is 0.354 e. The molecule has 0 saturated carbocycles. The predicted octanol–water partition coefficient (Wildman–Crippen LogP) is 4.13. The number of carboxylic acids is 2. The Balaban J connectivity index is 1.52. The van der Waals surface area contributed by atoms with Crippen LogP contribution in [0.3, 0.4) is 0 Å². The second kappa shape index (κ2) is 12.4. The number of hydrogen-bond donors (Lipinski definition) is 4. The Kier molecular flexibility index (Phi) is 8.75. The summed E-state index contributed by atoms with van der Waals surface area (Å²) in [5.74, 6) is -3.35. The number of aromatic nitrogens is 2. The van der Waals surface area contributed by atoms with Crippen molar-refractivity contribution in [2.45, 2.75) is 31.5 Å². The lowest BCUT2D eigenvalue weighted by Crippen LogP contribution is -2.40. The lowest BCUT2D eigenvalue weighted by atomic mass is 9.97. The van der Waals surface area contributed by atoms with Gasteiger partial charge in [-0.05, 0) is 40.8 Å². The van der Waals surface area contributed by atoms with Crippen molar-refractivity contribution in [2.24, 2.45) is 0 Å². The molecule has 4 N–H and O–H groups in total. The number of carboxylic acid groups (broad SMARTS) is 2. The minimum Gasteiger partial charge on any atom is -0.479 e. The van der Waals surface area contributed by atoms with Gasteiger partial charge in [0.2, 0.25) is 0 Å². The van der Waals surface area contributed by atoms with Gasteiger partial charge in [0, 0.05) is 23.6 Å². The summed E-state index contributed by atoms with van der Waals surface area (Å²) in [5, 5.41) is 36.3. The molecule has 0 aliphatic rings. The number of nitrogens with zero attached hydrogens (tertiary/aromatic N) is 2. The number of nitrogens with one attached hydrogen (secondary N) is 1. The molecular weight excluding hydrogens is 522 g/mol. The summed E-state index contributed by atoms with van der Waals surface area (Å²) in [7, 11) is 0. The van der Waals surface area contributed by atoms with Crippen LogP contribution in [0.5, 0.6) is 0 Å². The Hall–Kier alpha value is -4.47. The number of carbonyl (C=O) groups excluding carboxylic acids is 1. The molecule has 0 radical (unpaired) electrons. The number of carbonyl (C=O) groups is 3. The van der Waals surface area contributed by atoms with E-state index in [1.54, 1.807) is 24.3 Å². The second-order valence-electron chi connectivity index (χ2n) is 9.03. The first-order valence-corrected chi connectivity index (χ1v) is 12.5. The van der Waals surface area contributed by atoms with Gasteiger partial charge in [-0.1, -0.05) is 78.3 Å². The number of aromatic carboxylic acids is 1. The SMILES string of the molecule is O=C(NC(Cc1ccc(-c2ccccc2)cc1)C[C@@H](O)C(=O)O)c1cc(C(=O)O)n(Cc2ccc(Cl)cc2)n1. The highest BCUT2D eigenvalue weighted by atomic mass is 35.5. The lowest BCUT2D eigenvalue weighted by Gasteiger charge is -2.20. The topological polar surface area (TPSA) is 142 Å². The number of aliphatic hydroxyl groups excluding tert-OH is 1. The molecule has 1 aromatic heterocycles. The van der Waals surface area contributed by atoms with E-state index in [-0.39, 0.29) is 30.8 Å². The number of aliphatic hydroxyl groups is 1. The number of amides is 1. The van der Waals surface area contributed by atoms with Crippen molar-refractivity contribution in [2.75, 3.05) is 0 Å². The summed E-state index contributed by atoms with van der Waals surface area (Å²) >= 11 is 5.92. The molecule has 0 spiro atoms. The summed E-state index contributed by atoms with van der Waals surface area (Å²) in [6, 6.07) is 24.6. The highest BCUT2D eigenvalue weighted by Crippen LogP contribution is 2.20. The van der Waals surface area contributed by atoms with Crippen LogP contribution in [0.2, 0.25) is 5.02 Å². The van der Waals surface area contributed by atoms with Gasteiger partial charge >= 0.3 is 11.9 Å². The van der Waals surface area contributed by atoms with Crippen molar-refractivity contribution in [3.63, 3.8) is 0 Å². The molecule has 0 saturated heterocycles. The van der Waals surface area contributed by atoms with E-state index in [1.165, 1.54) is 4.68 Å². The second-order valence-corrected chi connectivity index (χ2v) is 9.47. The molecule has 0 bridgehead atoms. The number of rotatable bonds is 11. The molecular formula is C29H26ClN3O6. The van der Waals surface area contributed by atoms with E-state index in [9.17, 15) is 29.7 Å². The molecule has 9 nitrogen and oxygen atoms in total. The molecule has 39 heavy (non-hydrogen) atoms. The molecule has 10 heteroatoms. The Bertz CT molecular complexity index is 1450. The molecule has 4 rings (SSSR count). The maximum Gasteiger partial charge on any atom is 0.354 e. The average molecular weight is 548 g/mol. The maximum absolute atomic E-state index is 13.1. The predicted molar refractivity (Wildman–Crippen MR) is 145 cm³/mol. The summed E-state index contributed by atoms with van der Waals surface area (Å²) < 4.78 is 1.20. The van der Waals surface area contributed by atoms with E-state index >= 15 is 0 Å². The van der Waals surface area contributed by atoms with Crippen LogP contribution < -0.4 is 5.32 Å². The number of aliphatic carboxylic acids is 1. The zero-order chi connectivity index (χ0) is 27.9. The monoisotopic (exact) mass is 547 g/mol. The van der Waals surface area contributed by atoms with Gasteiger partial charge in [0.25, 0.3) is 5.91 Å². The number of hydrogen-bond acceptors (Lipinski definition) is 5. The molecule has 2 atom stereocenters. The van der Waals surface area contributed by atoms with E-state index in [0.29, 0.717) is 5.02 Å². The summed E-state index contributed by atoms with van der Waals surface area (Å²) in [6.45, 7) is 0.0982. The molecule has 1 heterocycles. The molecule has 3 aromatic carbocycles. The highest BCUT2D eigenvalue weighted by Gasteiger charge is 2.25. The van der Waals surface area contributed by atoms with Crippen LogP contribution in [-0.4, -0.2) is 55.1 Å². The van der Waals surface area contributed by atoms with Crippen LogP contribution in [0.1, 0.15) is 38.5 Å². The average Bonchev–Trinajstić information content (AvgIpc) is 3.35. The van der Waals surface area contributed by atoms with E-state index in [4.69, 9.17) is 11.6 Å². The van der Waals surface area contributed by atoms with Crippen molar-refractivity contribution < 1.29 is 29.7 Å². The van der Waals surface area contributed by atoms with Crippen LogP contribution in [0.25, 0.3) is 11.1 Å². The van der Waals surface area contributed by atoms with E-state index in [0.717, 1.165) is 28.3 Å². The number of benzene rings is 3. The molecule has 1 amide bonds. The van der Waals surface area contributed by atoms with Gasteiger partial charge < -0.3 is 20.6 Å². The van der Waals surface area contributed by atoms with Crippen molar-refractivity contribution in [1.82, 2.24) is 15.1 Å². The molecule has 0 aliphatic carbocycles. The van der Waals surface area contributed by atoms with E-state index in [2.05, 4.69) is 10.4 Å². The largest absolute Gasteiger partial charge is 0.479 e. The summed E-state index contributed by atoms with van der Waals surface area (Å²) in [6.07, 6.45) is -1.71. The van der Waals surface area contributed by atoms with Crippen LogP contribution >= 0.6 is 11.6 Å². The first kappa shape index (κ1) is 27.6. The van der Waals surface area contributed by atoms with Gasteiger partial charge in [0.05, 0.1) is 6.54 Å². The molecule has 200 valence electrons. The summed E-state index contributed by atoms with van der Waals surface area (Å²) in [5.41, 5.74) is 3.26. The third-order valence-electron chi connectivity index (χ3n) is 6.15. The third-order valence-corrected chi connectivity index (χ3v) is 6.40. The Morgan fingerprint density at radius 3 is 2.10 bits per heavy atom. The summed E-state index contributed by atoms with van der Waals surface area (Å²) in [4.78, 5) is 36.2. The Morgan fingerprint density at radius 1 is 0.872 bits per heavy atom. The zero-order valence-electron chi connectivity index (χ0n) is 20.7. The zero-order valence-corrected chi connectivity index (χ0v) is 21.5. The first-order valence-electron chi connectivity index (χ1n) is 12.1. The van der Waals surface area contributed by atoms with E-state index < -0.39 is 30.0 Å². The van der Waals surface area contributed by atoms with Gasteiger partial charge in [-0.2, -0.15) is 5.10 Å². The first-order chi connectivity index (χ1) is 18.7. The van der Waals surface area contributed by atoms with Gasteiger partial charge in [-0.15, -0.1) is 0 Å². The van der Waals surface area contributed by atoms with Gasteiger partial charge in [-0.3, -0.25) is 9.48 Å². The fourth-order valence-corrected chi connectivity index (χ4v) is 4.28. The Morgan fingerprint density at radius 2 is 1.49 bits per heavy atom. The van der Waals surface area contributed by atoms with Crippen molar-refractivity contribution >= 4 is 29.4 Å². The van der Waals surface area contributed by atoms with Crippen molar-refractivity contribution in [3.8, 4) is 11.1 Å². The normalized spacial score (nSPS) is 12.5. The lowest BCUT2D eigenvalue weighted by molar-refractivity contribution is -0.147. The fourth-order valence-electron chi connectivity index (χ4n) is 4.15. The van der Waals surface area contributed by atoms with Crippen molar-refractivity contribution in [1.29, 1.82) is 0 Å². The molecule has 4 aromatic rings. The highest BCUT2D eigenvalue weighted by molar-refractivity contribution is 6.30.